The maximum Gasteiger partial charge on any atom is 0.129 e. The fourth-order valence-electron chi connectivity index (χ4n) is 2.77. The Morgan fingerprint density at radius 3 is 2.90 bits per heavy atom. The van der Waals surface area contributed by atoms with Crippen molar-refractivity contribution in [3.63, 3.8) is 0 Å². The highest BCUT2D eigenvalue weighted by atomic mass is 32.2. The normalized spacial score (nSPS) is 22.1. The molecule has 2 fully saturated rings. The smallest absolute Gasteiger partial charge is 0.129 e. The minimum Gasteiger partial charge on any atom is -0.369 e. The van der Waals surface area contributed by atoms with Gasteiger partial charge in [0.25, 0.3) is 0 Å². The predicted molar refractivity (Wildman–Crippen MR) is 85.0 cm³/mol. The molecular weight excluding hydrogens is 271 g/mol. The number of halogens is 1. The summed E-state index contributed by atoms with van der Waals surface area (Å²) in [6.07, 6.45) is 2.47. The van der Waals surface area contributed by atoms with Gasteiger partial charge >= 0.3 is 0 Å². The highest BCUT2D eigenvalue weighted by molar-refractivity contribution is 8.00. The highest BCUT2D eigenvalue weighted by Gasteiger charge is 2.29. The van der Waals surface area contributed by atoms with Crippen molar-refractivity contribution in [2.45, 2.75) is 44.0 Å². The Morgan fingerprint density at radius 2 is 2.20 bits per heavy atom. The fraction of sp³-hybridized carbons (Fsp3) is 0.625. The number of hydrogen-bond acceptors (Lipinski definition) is 3. The lowest BCUT2D eigenvalue weighted by Crippen LogP contribution is -2.43. The van der Waals surface area contributed by atoms with Gasteiger partial charge in [-0.25, -0.2) is 4.39 Å². The average molecular weight is 294 g/mol. The number of nitrogens with zero attached hydrogens (tertiary/aromatic N) is 1. The van der Waals surface area contributed by atoms with E-state index in [2.05, 4.69) is 30.1 Å². The third-order valence-corrected chi connectivity index (χ3v) is 5.30. The van der Waals surface area contributed by atoms with E-state index in [0.717, 1.165) is 30.1 Å². The number of benzene rings is 1. The van der Waals surface area contributed by atoms with Crippen LogP contribution in [0.2, 0.25) is 0 Å². The van der Waals surface area contributed by atoms with Crippen molar-refractivity contribution in [3.8, 4) is 0 Å². The SMILES string of the molecule is CC1(C)CN(c2cccc(F)c2CNC2CC2)CCS1. The van der Waals surface area contributed by atoms with Gasteiger partial charge in [-0.1, -0.05) is 6.07 Å². The first-order chi connectivity index (χ1) is 9.55. The Bertz CT molecular complexity index is 485. The van der Waals surface area contributed by atoms with Crippen LogP contribution in [-0.4, -0.2) is 29.6 Å². The van der Waals surface area contributed by atoms with E-state index >= 15 is 0 Å². The number of thioether (sulfide) groups is 1. The highest BCUT2D eigenvalue weighted by Crippen LogP contribution is 2.34. The van der Waals surface area contributed by atoms with Gasteiger partial charge in [0.2, 0.25) is 0 Å². The van der Waals surface area contributed by atoms with Gasteiger partial charge in [0.15, 0.2) is 0 Å². The third kappa shape index (κ3) is 3.29. The van der Waals surface area contributed by atoms with E-state index in [1.165, 1.54) is 12.8 Å². The zero-order valence-corrected chi connectivity index (χ0v) is 13.1. The molecule has 1 saturated heterocycles. The van der Waals surface area contributed by atoms with Gasteiger partial charge in [0, 0.05) is 47.4 Å². The summed E-state index contributed by atoms with van der Waals surface area (Å²) in [5.74, 6) is 1.03. The van der Waals surface area contributed by atoms with Crippen LogP contribution in [0.4, 0.5) is 10.1 Å². The van der Waals surface area contributed by atoms with E-state index in [0.29, 0.717) is 12.6 Å². The Labute approximate surface area is 125 Å². The molecule has 110 valence electrons. The van der Waals surface area contributed by atoms with Crippen molar-refractivity contribution in [2.24, 2.45) is 0 Å². The fourth-order valence-corrected chi connectivity index (χ4v) is 3.89. The van der Waals surface area contributed by atoms with Crippen LogP contribution in [-0.2, 0) is 6.54 Å². The quantitative estimate of drug-likeness (QED) is 0.916. The van der Waals surface area contributed by atoms with E-state index < -0.39 is 0 Å². The van der Waals surface area contributed by atoms with Crippen LogP contribution >= 0.6 is 11.8 Å². The van der Waals surface area contributed by atoms with Gasteiger partial charge in [0.05, 0.1) is 0 Å². The molecular formula is C16H23FN2S. The first kappa shape index (κ1) is 14.2. The Kier molecular flexibility index (Phi) is 3.95. The summed E-state index contributed by atoms with van der Waals surface area (Å²) in [6.45, 7) is 7.18. The van der Waals surface area contributed by atoms with Crippen LogP contribution in [0.15, 0.2) is 18.2 Å². The van der Waals surface area contributed by atoms with Crippen molar-refractivity contribution < 1.29 is 4.39 Å². The van der Waals surface area contributed by atoms with Crippen molar-refractivity contribution in [3.05, 3.63) is 29.6 Å². The number of nitrogens with one attached hydrogen (secondary N) is 1. The molecule has 4 heteroatoms. The van der Waals surface area contributed by atoms with Gasteiger partial charge in [-0.15, -0.1) is 0 Å². The van der Waals surface area contributed by atoms with Crippen LogP contribution in [0.25, 0.3) is 0 Å². The first-order valence-corrected chi connectivity index (χ1v) is 8.43. The maximum atomic E-state index is 14.2. The monoisotopic (exact) mass is 294 g/mol. The van der Waals surface area contributed by atoms with E-state index in [1.807, 2.05) is 17.8 Å². The van der Waals surface area contributed by atoms with Crippen molar-refractivity contribution in [1.82, 2.24) is 5.32 Å². The summed E-state index contributed by atoms with van der Waals surface area (Å²) in [4.78, 5) is 2.35. The van der Waals surface area contributed by atoms with Crippen LogP contribution in [0.1, 0.15) is 32.3 Å². The summed E-state index contributed by atoms with van der Waals surface area (Å²) in [6, 6.07) is 6.09. The van der Waals surface area contributed by atoms with E-state index in [1.54, 1.807) is 6.07 Å². The molecule has 1 aromatic rings. The Morgan fingerprint density at radius 1 is 1.40 bits per heavy atom. The maximum absolute atomic E-state index is 14.2. The summed E-state index contributed by atoms with van der Waals surface area (Å²) in [5, 5.41) is 3.44. The standard InChI is InChI=1S/C16H23FN2S/c1-16(2)11-19(8-9-20-16)15-5-3-4-14(17)13(15)10-18-12-6-7-12/h3-5,12,18H,6-11H2,1-2H3. The van der Waals surface area contributed by atoms with Gasteiger partial charge < -0.3 is 10.2 Å². The first-order valence-electron chi connectivity index (χ1n) is 7.45. The zero-order chi connectivity index (χ0) is 14.2. The summed E-state index contributed by atoms with van der Waals surface area (Å²) < 4.78 is 14.4. The molecule has 2 aliphatic rings. The van der Waals surface area contributed by atoms with Gasteiger partial charge in [-0.05, 0) is 38.8 Å². The van der Waals surface area contributed by atoms with Gasteiger partial charge in [-0.3, -0.25) is 0 Å². The van der Waals surface area contributed by atoms with Crippen molar-refractivity contribution in [1.29, 1.82) is 0 Å². The molecule has 0 radical (unpaired) electrons. The minimum absolute atomic E-state index is 0.0771. The molecule has 0 bridgehead atoms. The molecule has 1 heterocycles. The average Bonchev–Trinajstić information content (AvgIpc) is 3.20. The number of hydrogen-bond donors (Lipinski definition) is 1. The lowest BCUT2D eigenvalue weighted by atomic mass is 10.1. The molecule has 0 unspecified atom stereocenters. The molecule has 0 aromatic heterocycles. The molecule has 2 nitrogen and oxygen atoms in total. The number of rotatable bonds is 4. The third-order valence-electron chi connectivity index (χ3n) is 4.01. The summed E-state index contributed by atoms with van der Waals surface area (Å²) in [5.41, 5.74) is 1.91. The van der Waals surface area contributed by atoms with Crippen LogP contribution in [0.5, 0.6) is 0 Å². The molecule has 1 N–H and O–H groups in total. The summed E-state index contributed by atoms with van der Waals surface area (Å²) >= 11 is 2.01. The molecule has 1 aliphatic carbocycles. The topological polar surface area (TPSA) is 15.3 Å². The zero-order valence-electron chi connectivity index (χ0n) is 12.3. The van der Waals surface area contributed by atoms with Crippen molar-refractivity contribution >= 4 is 17.4 Å². The molecule has 0 atom stereocenters. The van der Waals surface area contributed by atoms with E-state index in [4.69, 9.17) is 0 Å². The van der Waals surface area contributed by atoms with Crippen LogP contribution < -0.4 is 10.2 Å². The molecule has 0 amide bonds. The number of anilines is 1. The molecule has 1 saturated carbocycles. The van der Waals surface area contributed by atoms with E-state index in [-0.39, 0.29) is 10.6 Å². The molecule has 0 spiro atoms. The molecule has 3 rings (SSSR count). The Balaban J connectivity index is 1.81. The molecule has 20 heavy (non-hydrogen) atoms. The minimum atomic E-state index is -0.0771. The Hall–Kier alpha value is -0.740. The van der Waals surface area contributed by atoms with Gasteiger partial charge in [0.1, 0.15) is 5.82 Å². The largest absolute Gasteiger partial charge is 0.369 e. The molecule has 1 aromatic carbocycles. The van der Waals surface area contributed by atoms with Crippen LogP contribution in [0, 0.1) is 5.82 Å². The second-order valence-corrected chi connectivity index (χ2v) is 8.22. The second kappa shape index (κ2) is 5.57. The van der Waals surface area contributed by atoms with E-state index in [9.17, 15) is 4.39 Å². The van der Waals surface area contributed by atoms with Crippen molar-refractivity contribution in [2.75, 3.05) is 23.7 Å². The molecule has 1 aliphatic heterocycles. The predicted octanol–water partition coefficient (Wildman–Crippen LogP) is 3.41. The van der Waals surface area contributed by atoms with Gasteiger partial charge in [-0.2, -0.15) is 11.8 Å². The lowest BCUT2D eigenvalue weighted by Gasteiger charge is -2.39. The second-order valence-electron chi connectivity index (χ2n) is 6.42. The van der Waals surface area contributed by atoms with Crippen LogP contribution in [0.3, 0.4) is 0 Å². The summed E-state index contributed by atoms with van der Waals surface area (Å²) in [7, 11) is 0. The lowest BCUT2D eigenvalue weighted by molar-refractivity contribution is 0.580.